The summed E-state index contributed by atoms with van der Waals surface area (Å²) in [6.07, 6.45) is 0. The zero-order chi connectivity index (χ0) is 32.2. The second-order valence-electron chi connectivity index (χ2n) is 2.47. The maximum atomic E-state index is 9.89. The first-order valence-corrected chi connectivity index (χ1v) is 6.21. The van der Waals surface area contributed by atoms with Crippen molar-refractivity contribution in [1.29, 1.82) is 0 Å². The Morgan fingerprint density at radius 2 is 0.130 bits per heavy atom. The van der Waals surface area contributed by atoms with Crippen molar-refractivity contribution in [3.63, 3.8) is 0 Å². The van der Waals surface area contributed by atoms with Crippen molar-refractivity contribution in [2.75, 3.05) is 0 Å². The number of halogens is 9. The summed E-state index contributed by atoms with van der Waals surface area (Å²) >= 11 is 0. The average Bonchev–Trinajstić information content (AvgIpc) is 2.39. The monoisotopic (exact) mass is 1260 g/mol. The van der Waals surface area contributed by atoms with Gasteiger partial charge in [-0.3, -0.25) is 0 Å². The Labute approximate surface area is 1080 Å². The molecule has 0 atom stereocenters. The van der Waals surface area contributed by atoms with Crippen molar-refractivity contribution in [1.82, 2.24) is 0 Å². The van der Waals surface area contributed by atoms with E-state index in [9.17, 15) is 38.8 Å². The molecule has 0 rings (SSSR count). The third-order valence-corrected chi connectivity index (χ3v) is 0. The number of rotatable bonds is 0. The Bertz CT molecular complexity index is 232. The maximum absolute atomic E-state index is 9.89. The molecule has 0 aliphatic rings. The Balaban J connectivity index is -0.00000000583. The fourth-order valence-corrected chi connectivity index (χ4v) is 0. The molecule has 0 saturated carbocycles. The fraction of sp³-hybridized carbons (Fsp3) is 0. The second kappa shape index (κ2) is 171. The van der Waals surface area contributed by atoms with Gasteiger partial charge in [0.1, 0.15) is 66.6 Å². The van der Waals surface area contributed by atoms with Crippen molar-refractivity contribution in [2.45, 2.75) is 0 Å². The Hall–Kier alpha value is 28.7. The number of hydrogen-bond donors (Lipinski definition) is 0. The molecule has 0 aliphatic carbocycles. The molecule has 0 aromatic heterocycles. The van der Waals surface area contributed by atoms with E-state index in [-0.39, 0.29) is 925 Å². The SMILES string of the molecule is [K+].[K+].[K+].[K+].[K+].[K+].[K+].[K+].[K+].[K+].[K+].[K+].[K+].[K+].[K+].[K+].[K+].[K+].[O-]B([O-])F.[O-]B([O-])F.[O-]B([O-])F.[O-]B([O-])F.[O-]B([O-])F.[O-]B([O-])F.[O-]B([O-])F.[O-]B([O-])F.[O-]B([O-])F. The first kappa shape index (κ1) is 178. The summed E-state index contributed by atoms with van der Waals surface area (Å²) in [6, 6.07) is 0. The number of hydrogen-bond acceptors (Lipinski definition) is 18. The van der Waals surface area contributed by atoms with Gasteiger partial charge in [0.15, 0.2) is 0 Å². The third kappa shape index (κ3) is 623. The van der Waals surface area contributed by atoms with Gasteiger partial charge in [0.25, 0.3) is 0 Å². The summed E-state index contributed by atoms with van der Waals surface area (Å²) in [4.78, 5) is 0. The summed E-state index contributed by atoms with van der Waals surface area (Å²) in [5, 5.41) is 149. The van der Waals surface area contributed by atoms with Gasteiger partial charge in [-0.15, -0.1) is 0 Å². The van der Waals surface area contributed by atoms with E-state index in [0.717, 1.165) is 0 Å². The molecule has 0 spiro atoms. The van der Waals surface area contributed by atoms with E-state index < -0.39 is 66.6 Å². The Kier molecular flexibility index (Phi) is 565. The summed E-state index contributed by atoms with van der Waals surface area (Å²) in [7, 11) is -28.5. The van der Waals surface area contributed by atoms with Crippen molar-refractivity contribution >= 4 is 66.6 Å². The molecule has 0 bridgehead atoms. The van der Waals surface area contributed by atoms with E-state index >= 15 is 0 Å². The minimum Gasteiger partial charge on any atom is -0.867 e. The summed E-state index contributed by atoms with van der Waals surface area (Å²) in [5.41, 5.74) is 0. The van der Waals surface area contributed by atoms with E-state index in [1.807, 2.05) is 0 Å². The molecule has 0 N–H and O–H groups in total. The normalized spacial score (nSPS) is 4.50. The van der Waals surface area contributed by atoms with Crippen molar-refractivity contribution in [3.05, 3.63) is 0 Å². The van der Waals surface area contributed by atoms with Crippen LogP contribution in [-0.4, -0.2) is 66.6 Å². The molecule has 0 unspecified atom stereocenters. The van der Waals surface area contributed by atoms with E-state index in [2.05, 4.69) is 0 Å². The third-order valence-electron chi connectivity index (χ3n) is 0. The first-order chi connectivity index (χ1) is 15.6. The smallest absolute Gasteiger partial charge is 0.867 e. The predicted molar refractivity (Wildman–Crippen MR) is 61.8 cm³/mol. The largest absolute Gasteiger partial charge is 1.00 e. The molecule has 0 aromatic rings. The van der Waals surface area contributed by atoms with Gasteiger partial charge < -0.3 is 129 Å². The molecule has 0 saturated heterocycles. The first-order valence-electron chi connectivity index (χ1n) is 6.21. The van der Waals surface area contributed by atoms with Crippen LogP contribution in [0.15, 0.2) is 0 Å². The van der Waals surface area contributed by atoms with E-state index in [0.29, 0.717) is 0 Å². The average molecular weight is 1260 g/mol. The minimum atomic E-state index is -3.17. The van der Waals surface area contributed by atoms with Crippen LogP contribution in [0.4, 0.5) is 38.8 Å². The summed E-state index contributed by atoms with van der Waals surface area (Å²) < 4.78 is 89.0. The molecule has 18 nitrogen and oxygen atoms in total. The van der Waals surface area contributed by atoms with Crippen molar-refractivity contribution in [2.24, 2.45) is 0 Å². The Morgan fingerprint density at radius 1 is 0.130 bits per heavy atom. The van der Waals surface area contributed by atoms with Crippen molar-refractivity contribution in [3.8, 4) is 0 Å². The molecule has 0 aliphatic heterocycles. The van der Waals surface area contributed by atoms with Gasteiger partial charge >= 0.3 is 925 Å². The maximum Gasteiger partial charge on any atom is 1.00 e. The van der Waals surface area contributed by atoms with Gasteiger partial charge in [0, 0.05) is 0 Å². The van der Waals surface area contributed by atoms with Crippen LogP contribution in [0.5, 0.6) is 0 Å². The van der Waals surface area contributed by atoms with Crippen LogP contribution in [0.1, 0.15) is 0 Å². The van der Waals surface area contributed by atoms with Crippen LogP contribution in [0.3, 0.4) is 0 Å². The van der Waals surface area contributed by atoms with Crippen LogP contribution in [0, 0.1) is 0 Å². The summed E-state index contributed by atoms with van der Waals surface area (Å²) in [6.45, 7) is 0. The van der Waals surface area contributed by atoms with Gasteiger partial charge in [-0.05, 0) is 0 Å². The zero-order valence-corrected chi connectivity index (χ0v) is 90.2. The van der Waals surface area contributed by atoms with Gasteiger partial charge in [-0.1, -0.05) is 0 Å². The minimum absolute atomic E-state index is 0. The molecular weight excluding hydrogens is 1260 g/mol. The molecule has 54 heteroatoms. The molecular formula is B9F9K18O18. The molecule has 0 heterocycles. The van der Waals surface area contributed by atoms with Crippen LogP contribution in [0.2, 0.25) is 0 Å². The topological polar surface area (TPSA) is 415 Å². The van der Waals surface area contributed by atoms with Gasteiger partial charge in [0.05, 0.1) is 0 Å². The van der Waals surface area contributed by atoms with Crippen LogP contribution >= 0.6 is 0 Å². The van der Waals surface area contributed by atoms with Gasteiger partial charge in [0.2, 0.25) is 0 Å². The van der Waals surface area contributed by atoms with Crippen LogP contribution in [0.25, 0.3) is 0 Å². The molecule has 216 valence electrons. The molecule has 0 amide bonds. The van der Waals surface area contributed by atoms with Gasteiger partial charge in [-0.25, -0.2) is 0 Å². The van der Waals surface area contributed by atoms with Gasteiger partial charge in [-0.2, -0.15) is 0 Å². The van der Waals surface area contributed by atoms with E-state index in [4.69, 9.17) is 90.4 Å². The van der Waals surface area contributed by atoms with E-state index in [1.165, 1.54) is 0 Å². The second-order valence-corrected chi connectivity index (χ2v) is 2.47. The fourth-order valence-electron chi connectivity index (χ4n) is 0. The van der Waals surface area contributed by atoms with E-state index in [1.54, 1.807) is 0 Å². The van der Waals surface area contributed by atoms with Crippen molar-refractivity contribution < 1.29 is 1050 Å². The Morgan fingerprint density at radius 3 is 0.130 bits per heavy atom. The predicted octanol–water partition coefficient (Wildman–Crippen LogP) is -75.0. The van der Waals surface area contributed by atoms with Crippen LogP contribution < -0.4 is 1020 Å². The standard InChI is InChI=1S/9BFO2.18K/c9*2-1(3)4;;;;;;;;;;;;;;;;;;/q9*-2;18*+1. The molecule has 54 heavy (non-hydrogen) atoms. The zero-order valence-electron chi connectivity index (χ0n) is 33.9. The van der Waals surface area contributed by atoms with Crippen LogP contribution in [-0.2, 0) is 0 Å². The summed E-state index contributed by atoms with van der Waals surface area (Å²) in [5.74, 6) is 0. The quantitative estimate of drug-likeness (QED) is 0.161. The molecule has 0 aromatic carbocycles. The molecule has 0 radical (unpaired) electrons. The molecule has 0 fully saturated rings.